The van der Waals surface area contributed by atoms with Crippen LogP contribution in [0.3, 0.4) is 0 Å². The molecule has 8 nitrogen and oxygen atoms in total. The van der Waals surface area contributed by atoms with Gasteiger partial charge in [0.1, 0.15) is 17.7 Å². The molecule has 1 amide bonds. The Morgan fingerprint density at radius 2 is 1.77 bits per heavy atom. The summed E-state index contributed by atoms with van der Waals surface area (Å²) in [6.07, 6.45) is 0.386. The number of ether oxygens (including phenoxy) is 1. The van der Waals surface area contributed by atoms with Gasteiger partial charge in [0.15, 0.2) is 11.5 Å². The molecule has 1 heterocycles. The van der Waals surface area contributed by atoms with Gasteiger partial charge in [0.2, 0.25) is 0 Å². The highest BCUT2D eigenvalue weighted by atomic mass is 35.5. The summed E-state index contributed by atoms with van der Waals surface area (Å²) in [6.45, 7) is 6.58. The summed E-state index contributed by atoms with van der Waals surface area (Å²) in [5.74, 6) is -2.33. The molecule has 1 aliphatic rings. The van der Waals surface area contributed by atoms with E-state index in [1.54, 1.807) is 31.2 Å². The quantitative estimate of drug-likeness (QED) is 0.438. The van der Waals surface area contributed by atoms with Gasteiger partial charge in [-0.2, -0.15) is 0 Å². The highest BCUT2D eigenvalue weighted by Crippen LogP contribution is 2.45. The number of rotatable bonds is 10. The Morgan fingerprint density at radius 3 is 2.37 bits per heavy atom. The SMILES string of the molecule is CCc1c(Cl)c(OCCN2CCN(C)CC2)c(Cl)c(O)c1C(=O)NC(Cc1ccccc1)C(=O)O. The Labute approximate surface area is 215 Å². The van der Waals surface area contributed by atoms with E-state index in [0.717, 1.165) is 31.7 Å². The van der Waals surface area contributed by atoms with Gasteiger partial charge in [0, 0.05) is 39.1 Å². The molecule has 10 heteroatoms. The van der Waals surface area contributed by atoms with Crippen molar-refractivity contribution in [3.63, 3.8) is 0 Å². The van der Waals surface area contributed by atoms with Crippen LogP contribution in [0.2, 0.25) is 10.0 Å². The van der Waals surface area contributed by atoms with Crippen LogP contribution in [-0.4, -0.2) is 84.3 Å². The standard InChI is InChI=1S/C25H31Cl2N3O5/c1-3-17-19(24(32)28-18(25(33)34)15-16-7-5-4-6-8-16)22(31)21(27)23(20(17)26)35-14-13-30-11-9-29(2)10-12-30/h4-8,18,31H,3,9-15H2,1-2H3,(H,28,32)(H,33,34). The predicted octanol–water partition coefficient (Wildman–Crippen LogP) is 3.31. The summed E-state index contributed by atoms with van der Waals surface area (Å²) >= 11 is 12.9. The number of carbonyl (C=O) groups is 2. The molecule has 2 aromatic carbocycles. The van der Waals surface area contributed by atoms with Gasteiger partial charge >= 0.3 is 5.97 Å². The molecule has 1 unspecified atom stereocenters. The number of nitrogens with zero attached hydrogens (tertiary/aromatic N) is 2. The van der Waals surface area contributed by atoms with E-state index in [0.29, 0.717) is 25.1 Å². The summed E-state index contributed by atoms with van der Waals surface area (Å²) in [7, 11) is 2.08. The van der Waals surface area contributed by atoms with E-state index in [1.165, 1.54) is 0 Å². The van der Waals surface area contributed by atoms with Crippen molar-refractivity contribution < 1.29 is 24.5 Å². The number of aromatic hydroxyl groups is 1. The number of carboxylic acid groups (broad SMARTS) is 1. The number of nitrogens with one attached hydrogen (secondary N) is 1. The second kappa shape index (κ2) is 12.4. The second-order valence-corrected chi connectivity index (χ2v) is 9.32. The smallest absolute Gasteiger partial charge is 0.326 e. The van der Waals surface area contributed by atoms with Gasteiger partial charge in [-0.1, -0.05) is 60.5 Å². The van der Waals surface area contributed by atoms with E-state index in [9.17, 15) is 19.8 Å². The van der Waals surface area contributed by atoms with E-state index in [-0.39, 0.29) is 27.8 Å². The molecule has 3 N–H and O–H groups in total. The van der Waals surface area contributed by atoms with Crippen molar-refractivity contribution in [1.82, 2.24) is 15.1 Å². The molecular weight excluding hydrogens is 493 g/mol. The number of piperazine rings is 1. The minimum Gasteiger partial charge on any atom is -0.505 e. The minimum atomic E-state index is -1.20. The van der Waals surface area contributed by atoms with Crippen molar-refractivity contribution >= 4 is 35.1 Å². The van der Waals surface area contributed by atoms with Crippen molar-refractivity contribution in [3.05, 3.63) is 57.1 Å². The Hall–Kier alpha value is -2.52. The number of carbonyl (C=O) groups excluding carboxylic acids is 1. The van der Waals surface area contributed by atoms with Crippen LogP contribution < -0.4 is 10.1 Å². The van der Waals surface area contributed by atoms with Crippen molar-refractivity contribution in [2.75, 3.05) is 46.4 Å². The number of phenols is 1. The minimum absolute atomic E-state index is 0.0824. The lowest BCUT2D eigenvalue weighted by molar-refractivity contribution is -0.139. The molecule has 190 valence electrons. The number of halogens is 2. The van der Waals surface area contributed by atoms with Gasteiger partial charge in [-0.05, 0) is 24.6 Å². The fourth-order valence-electron chi connectivity index (χ4n) is 4.04. The summed E-state index contributed by atoms with van der Waals surface area (Å²) in [6, 6.07) is 7.75. The van der Waals surface area contributed by atoms with Crippen LogP contribution in [0.4, 0.5) is 0 Å². The number of hydrogen-bond donors (Lipinski definition) is 3. The third-order valence-corrected chi connectivity index (χ3v) is 6.88. The molecule has 0 aliphatic carbocycles. The fraction of sp³-hybridized carbons (Fsp3) is 0.440. The first kappa shape index (κ1) is 27.1. The largest absolute Gasteiger partial charge is 0.505 e. The maximum Gasteiger partial charge on any atom is 0.326 e. The fourth-order valence-corrected chi connectivity index (χ4v) is 4.70. The van der Waals surface area contributed by atoms with Crippen LogP contribution in [0.15, 0.2) is 30.3 Å². The molecule has 3 rings (SSSR count). The number of benzene rings is 2. The molecule has 1 saturated heterocycles. The van der Waals surface area contributed by atoms with Gasteiger partial charge in [-0.15, -0.1) is 0 Å². The third kappa shape index (κ3) is 6.79. The first-order valence-corrected chi connectivity index (χ1v) is 12.3. The summed E-state index contributed by atoms with van der Waals surface area (Å²) < 4.78 is 5.85. The topological polar surface area (TPSA) is 102 Å². The van der Waals surface area contributed by atoms with E-state index in [1.807, 2.05) is 6.07 Å². The number of phenolic OH excluding ortho intramolecular Hbond substituents is 1. The van der Waals surface area contributed by atoms with Crippen molar-refractivity contribution in [3.8, 4) is 11.5 Å². The molecule has 0 saturated carbocycles. The Balaban J connectivity index is 1.77. The van der Waals surface area contributed by atoms with Gasteiger partial charge in [-0.25, -0.2) is 4.79 Å². The molecule has 2 aromatic rings. The summed E-state index contributed by atoms with van der Waals surface area (Å²) in [4.78, 5) is 29.4. The molecule has 0 bridgehead atoms. The lowest BCUT2D eigenvalue weighted by Gasteiger charge is -2.32. The van der Waals surface area contributed by atoms with Gasteiger partial charge in [0.25, 0.3) is 5.91 Å². The molecule has 1 atom stereocenters. The lowest BCUT2D eigenvalue weighted by Crippen LogP contribution is -2.45. The Kier molecular flexibility index (Phi) is 9.63. The first-order valence-electron chi connectivity index (χ1n) is 11.6. The van der Waals surface area contributed by atoms with Gasteiger partial charge in [-0.3, -0.25) is 9.69 Å². The molecule has 1 aliphatic heterocycles. The number of amides is 1. The van der Waals surface area contributed by atoms with Crippen LogP contribution in [0.5, 0.6) is 11.5 Å². The van der Waals surface area contributed by atoms with E-state index < -0.39 is 23.7 Å². The van der Waals surface area contributed by atoms with Crippen molar-refractivity contribution in [2.45, 2.75) is 25.8 Å². The normalized spacial score (nSPS) is 15.5. The maximum absolute atomic E-state index is 13.1. The molecule has 0 aromatic heterocycles. The zero-order valence-corrected chi connectivity index (χ0v) is 21.4. The Bertz CT molecular complexity index is 1040. The monoisotopic (exact) mass is 523 g/mol. The number of hydrogen-bond acceptors (Lipinski definition) is 6. The maximum atomic E-state index is 13.1. The highest BCUT2D eigenvalue weighted by molar-refractivity contribution is 6.39. The highest BCUT2D eigenvalue weighted by Gasteiger charge is 2.29. The zero-order chi connectivity index (χ0) is 25.5. The third-order valence-electron chi connectivity index (χ3n) is 6.13. The number of carboxylic acids is 1. The predicted molar refractivity (Wildman–Crippen MR) is 136 cm³/mol. The molecule has 0 radical (unpaired) electrons. The average Bonchev–Trinajstić information content (AvgIpc) is 2.84. The van der Waals surface area contributed by atoms with E-state index in [4.69, 9.17) is 27.9 Å². The van der Waals surface area contributed by atoms with Crippen LogP contribution in [0.25, 0.3) is 0 Å². The lowest BCUT2D eigenvalue weighted by atomic mass is 10.0. The molecule has 0 spiro atoms. The first-order chi connectivity index (χ1) is 16.7. The molecular formula is C25H31Cl2N3O5. The van der Waals surface area contributed by atoms with Crippen molar-refractivity contribution in [1.29, 1.82) is 0 Å². The Morgan fingerprint density at radius 1 is 1.11 bits per heavy atom. The van der Waals surface area contributed by atoms with Crippen LogP contribution in [0.1, 0.15) is 28.4 Å². The number of likely N-dealkylation sites (N-methyl/N-ethyl adjacent to an activating group) is 1. The summed E-state index contributed by atoms with van der Waals surface area (Å²) in [5, 5.41) is 22.9. The summed E-state index contributed by atoms with van der Waals surface area (Å²) in [5.41, 5.74) is 0.943. The van der Waals surface area contributed by atoms with E-state index >= 15 is 0 Å². The second-order valence-electron chi connectivity index (χ2n) is 8.56. The van der Waals surface area contributed by atoms with Crippen LogP contribution >= 0.6 is 23.2 Å². The van der Waals surface area contributed by atoms with Crippen molar-refractivity contribution in [2.24, 2.45) is 0 Å². The number of aliphatic carboxylic acids is 1. The molecule has 1 fully saturated rings. The van der Waals surface area contributed by atoms with Gasteiger partial charge < -0.3 is 25.2 Å². The van der Waals surface area contributed by atoms with Gasteiger partial charge in [0.05, 0.1) is 10.6 Å². The van der Waals surface area contributed by atoms with E-state index in [2.05, 4.69) is 22.2 Å². The molecule has 35 heavy (non-hydrogen) atoms. The zero-order valence-electron chi connectivity index (χ0n) is 19.9. The average molecular weight is 524 g/mol. The van der Waals surface area contributed by atoms with Crippen LogP contribution in [0, 0.1) is 0 Å². The van der Waals surface area contributed by atoms with Crippen LogP contribution in [-0.2, 0) is 17.6 Å².